The molecular weight excluding hydrogens is 800 g/mol. The summed E-state index contributed by atoms with van der Waals surface area (Å²) >= 11 is 19.0. The number of allylic oxidation sites excluding steroid dienone is 2. The van der Waals surface area contributed by atoms with E-state index in [4.69, 9.17) is 34.8 Å². The van der Waals surface area contributed by atoms with Crippen molar-refractivity contribution in [3.63, 3.8) is 0 Å². The number of hydrazine groups is 1. The highest BCUT2D eigenvalue weighted by molar-refractivity contribution is 6.33. The van der Waals surface area contributed by atoms with E-state index in [0.29, 0.717) is 27.9 Å². The first kappa shape index (κ1) is 37.5. The summed E-state index contributed by atoms with van der Waals surface area (Å²) < 4.78 is 40.4. The van der Waals surface area contributed by atoms with Gasteiger partial charge in [0.2, 0.25) is 11.8 Å². The molecule has 0 bridgehead atoms. The normalized spacial score (nSPS) is 25.8. The molecule has 3 aromatic carbocycles. The number of alkyl halides is 3. The number of phenolic OH excluding ortho intramolecular Hbond substituents is 1. The van der Waals surface area contributed by atoms with Crippen LogP contribution in [0.2, 0.25) is 15.1 Å². The number of benzene rings is 3. The second-order valence-electron chi connectivity index (χ2n) is 14.0. The number of pyridine rings is 1. The van der Waals surface area contributed by atoms with Crippen LogP contribution >= 0.6 is 34.8 Å². The summed E-state index contributed by atoms with van der Waals surface area (Å²) in [6, 6.07) is 16.3. The molecule has 3 N–H and O–H groups in total. The van der Waals surface area contributed by atoms with Gasteiger partial charge in [-0.2, -0.15) is 18.2 Å². The molecule has 4 aliphatic rings. The lowest BCUT2D eigenvalue weighted by Crippen LogP contribution is -2.53. The van der Waals surface area contributed by atoms with Crippen molar-refractivity contribution in [1.29, 1.82) is 0 Å². The van der Waals surface area contributed by atoms with Gasteiger partial charge < -0.3 is 10.2 Å². The maximum Gasteiger partial charge on any atom is 0.417 e. The molecule has 17 heteroatoms. The monoisotopic (exact) mass is 824 g/mol. The number of amides is 4. The largest absolute Gasteiger partial charge is 0.508 e. The van der Waals surface area contributed by atoms with Gasteiger partial charge in [0.1, 0.15) is 5.75 Å². The number of hydrogen-bond acceptors (Lipinski definition) is 8. The zero-order chi connectivity index (χ0) is 40.0. The Morgan fingerprint density at radius 1 is 0.893 bits per heavy atom. The Hall–Kier alpha value is -5.44. The maximum absolute atomic E-state index is 15.3. The van der Waals surface area contributed by atoms with Crippen LogP contribution in [-0.4, -0.2) is 49.8 Å². The number of aromatic carboxylic acids is 1. The summed E-state index contributed by atoms with van der Waals surface area (Å²) in [6.07, 6.45) is -2.72. The third kappa shape index (κ3) is 5.64. The molecule has 56 heavy (non-hydrogen) atoms. The molecule has 11 nitrogen and oxygen atoms in total. The molecule has 0 radical (unpaired) electrons. The van der Waals surface area contributed by atoms with Gasteiger partial charge in [0.25, 0.3) is 11.8 Å². The number of hydrogen-bond donors (Lipinski definition) is 3. The zero-order valence-electron chi connectivity index (χ0n) is 28.4. The summed E-state index contributed by atoms with van der Waals surface area (Å²) in [4.78, 5) is 75.1. The van der Waals surface area contributed by atoms with Gasteiger partial charge in [0, 0.05) is 27.7 Å². The lowest BCUT2D eigenvalue weighted by Gasteiger charge is -2.50. The van der Waals surface area contributed by atoms with Crippen LogP contribution < -0.4 is 10.3 Å². The first-order valence-corrected chi connectivity index (χ1v) is 18.2. The Labute approximate surface area is 330 Å². The summed E-state index contributed by atoms with van der Waals surface area (Å²) in [7, 11) is 0. The smallest absolute Gasteiger partial charge is 0.417 e. The Morgan fingerprint density at radius 2 is 1.61 bits per heavy atom. The number of anilines is 2. The number of aromatic nitrogens is 1. The van der Waals surface area contributed by atoms with Crippen molar-refractivity contribution < 1.29 is 47.4 Å². The van der Waals surface area contributed by atoms with E-state index in [1.807, 2.05) is 0 Å². The van der Waals surface area contributed by atoms with Gasteiger partial charge in [0.05, 0.1) is 45.0 Å². The predicted molar refractivity (Wildman–Crippen MR) is 196 cm³/mol. The summed E-state index contributed by atoms with van der Waals surface area (Å²) in [6.45, 7) is 0. The van der Waals surface area contributed by atoms with E-state index in [0.717, 1.165) is 4.90 Å². The molecule has 0 spiro atoms. The van der Waals surface area contributed by atoms with Crippen molar-refractivity contribution in [2.24, 2.45) is 23.7 Å². The third-order valence-electron chi connectivity index (χ3n) is 11.2. The van der Waals surface area contributed by atoms with Gasteiger partial charge in [0.15, 0.2) is 5.82 Å². The van der Waals surface area contributed by atoms with Crippen LogP contribution in [0.4, 0.5) is 24.7 Å². The van der Waals surface area contributed by atoms with E-state index in [2.05, 4.69) is 10.4 Å². The number of carbonyl (C=O) groups is 5. The Bertz CT molecular complexity index is 2430. The molecule has 2 aliphatic carbocycles. The lowest BCUT2D eigenvalue weighted by atomic mass is 9.49. The average molecular weight is 826 g/mol. The van der Waals surface area contributed by atoms with Crippen LogP contribution in [0.25, 0.3) is 0 Å². The van der Waals surface area contributed by atoms with Crippen molar-refractivity contribution in [1.82, 2.24) is 9.99 Å². The van der Waals surface area contributed by atoms with Gasteiger partial charge in [-0.3, -0.25) is 29.5 Å². The Balaban J connectivity index is 1.31. The first-order valence-electron chi connectivity index (χ1n) is 17.1. The first-order chi connectivity index (χ1) is 26.5. The Kier molecular flexibility index (Phi) is 8.94. The third-order valence-corrected chi connectivity index (χ3v) is 12.0. The maximum atomic E-state index is 15.3. The quantitative estimate of drug-likeness (QED) is 0.131. The van der Waals surface area contributed by atoms with Crippen LogP contribution in [0.5, 0.6) is 5.75 Å². The minimum Gasteiger partial charge on any atom is -0.508 e. The fourth-order valence-corrected chi connectivity index (χ4v) is 9.43. The van der Waals surface area contributed by atoms with Crippen molar-refractivity contribution in [2.75, 3.05) is 10.3 Å². The number of nitrogens with zero attached hydrogens (tertiary/aromatic N) is 3. The molecular formula is C39H26Cl3F3N4O7. The van der Waals surface area contributed by atoms with Crippen LogP contribution in [-0.2, 0) is 30.8 Å². The van der Waals surface area contributed by atoms with Crippen molar-refractivity contribution in [2.45, 2.75) is 30.4 Å². The van der Waals surface area contributed by atoms with E-state index in [1.165, 1.54) is 54.6 Å². The SMILES string of the molecule is O=C(O)c1cccc(N2C(=O)C3CC=C4C(CC5C(=O)N(Nc6ncc(C(F)(F)F)cc6Cl)C(=O)C5(c5ccc(Cl)cc5)C4c4cc(Cl)ccc4O)C3C2=O)c1. The number of carbonyl (C=O) groups excluding carboxylic acids is 4. The lowest BCUT2D eigenvalue weighted by molar-refractivity contribution is -0.139. The number of halogens is 6. The van der Waals surface area contributed by atoms with Crippen LogP contribution in [0, 0.1) is 23.7 Å². The van der Waals surface area contributed by atoms with Crippen LogP contribution in [0.1, 0.15) is 45.8 Å². The van der Waals surface area contributed by atoms with Gasteiger partial charge in [-0.15, -0.1) is 0 Å². The molecule has 1 saturated carbocycles. The number of rotatable bonds is 6. The van der Waals surface area contributed by atoms with Crippen molar-refractivity contribution in [3.05, 3.63) is 128 Å². The highest BCUT2D eigenvalue weighted by atomic mass is 35.5. The molecule has 2 aliphatic heterocycles. The topological polar surface area (TPSA) is 157 Å². The highest BCUT2D eigenvalue weighted by Gasteiger charge is 2.70. The average Bonchev–Trinajstić information content (AvgIpc) is 3.54. The minimum atomic E-state index is -4.79. The second kappa shape index (κ2) is 13.4. The van der Waals surface area contributed by atoms with Crippen LogP contribution in [0.15, 0.2) is 90.6 Å². The second-order valence-corrected chi connectivity index (χ2v) is 15.3. The van der Waals surface area contributed by atoms with E-state index in [1.54, 1.807) is 18.2 Å². The van der Waals surface area contributed by atoms with Crippen LogP contribution in [0.3, 0.4) is 0 Å². The number of aromatic hydroxyl groups is 1. The van der Waals surface area contributed by atoms with Gasteiger partial charge in [-0.1, -0.05) is 64.7 Å². The number of imide groups is 2. The number of carboxylic acids is 1. The summed E-state index contributed by atoms with van der Waals surface area (Å²) in [5.74, 6) is -10.3. The number of nitrogens with one attached hydrogen (secondary N) is 1. The summed E-state index contributed by atoms with van der Waals surface area (Å²) in [5.41, 5.74) is 0.261. The number of phenols is 1. The molecule has 4 amide bonds. The molecule has 3 fully saturated rings. The predicted octanol–water partition coefficient (Wildman–Crippen LogP) is 7.65. The molecule has 286 valence electrons. The summed E-state index contributed by atoms with van der Waals surface area (Å²) in [5, 5.41) is 21.7. The molecule has 1 aromatic heterocycles. The van der Waals surface area contributed by atoms with E-state index in [9.17, 15) is 42.6 Å². The van der Waals surface area contributed by atoms with Gasteiger partial charge in [-0.05, 0) is 78.9 Å². The highest BCUT2D eigenvalue weighted by Crippen LogP contribution is 2.65. The standard InChI is InChI=1S/C39H26Cl3F3N4O7/c40-20-6-4-18(5-7-20)38-27(34(52)49(37(38)56)47-32-28(42)13-19(16-46-32)39(43,44)45)15-25-23(31(38)26-14-21(41)8-11-29(26)50)9-10-24-30(25)35(53)48(33(24)51)22-3-1-2-17(12-22)36(54)55/h1-9,11-14,16,24-25,27,30-31,50H,10,15H2,(H,46,47)(H,54,55). The molecule has 6 unspecified atom stereocenters. The molecule has 8 rings (SSSR count). The fraction of sp³-hybridized carbons (Fsp3) is 0.231. The van der Waals surface area contributed by atoms with Gasteiger partial charge >= 0.3 is 12.1 Å². The van der Waals surface area contributed by atoms with Gasteiger partial charge in [-0.25, -0.2) is 9.78 Å². The van der Waals surface area contributed by atoms with E-state index < -0.39 is 87.2 Å². The van der Waals surface area contributed by atoms with Crippen molar-refractivity contribution in [3.8, 4) is 5.75 Å². The van der Waals surface area contributed by atoms with E-state index in [-0.39, 0.29) is 46.0 Å². The Morgan fingerprint density at radius 3 is 2.29 bits per heavy atom. The molecule has 6 atom stereocenters. The van der Waals surface area contributed by atoms with E-state index >= 15 is 4.79 Å². The number of carboxylic acid groups (broad SMARTS) is 1. The van der Waals surface area contributed by atoms with Crippen molar-refractivity contribution >= 4 is 75.9 Å². The number of fused-ring (bicyclic) bond motifs is 4. The molecule has 3 heterocycles. The fourth-order valence-electron chi connectivity index (χ4n) is 8.92. The minimum absolute atomic E-state index is 0.0184. The molecule has 4 aromatic rings. The molecule has 2 saturated heterocycles. The zero-order valence-corrected chi connectivity index (χ0v) is 30.7.